The Morgan fingerprint density at radius 2 is 2.06 bits per heavy atom. The predicted molar refractivity (Wildman–Crippen MR) is 59.3 cm³/mol. The molecule has 1 unspecified atom stereocenters. The third-order valence-electron chi connectivity index (χ3n) is 1.95. The first kappa shape index (κ1) is 13.8. The molecule has 0 N–H and O–H groups in total. The van der Waals surface area contributed by atoms with Crippen LogP contribution in [0.4, 0.5) is 13.2 Å². The minimum absolute atomic E-state index is 0.127. The molecular weight excluding hydrogens is 261 g/mol. The van der Waals surface area contributed by atoms with Crippen molar-refractivity contribution >= 4 is 22.9 Å². The molecule has 0 aliphatic rings. The van der Waals surface area contributed by atoms with E-state index in [9.17, 15) is 13.2 Å². The summed E-state index contributed by atoms with van der Waals surface area (Å²) in [5.74, 6) is 0. The van der Waals surface area contributed by atoms with E-state index < -0.39 is 18.2 Å². The lowest BCUT2D eigenvalue weighted by atomic mass is 10.2. The van der Waals surface area contributed by atoms with E-state index in [1.807, 2.05) is 19.9 Å². The van der Waals surface area contributed by atoms with Gasteiger partial charge in [0.15, 0.2) is 0 Å². The highest BCUT2D eigenvalue weighted by Gasteiger charge is 2.28. The van der Waals surface area contributed by atoms with E-state index >= 15 is 0 Å². The van der Waals surface area contributed by atoms with Gasteiger partial charge >= 0.3 is 6.18 Å². The molecule has 1 heterocycles. The standard InChI is InChI=1S/C10H12ClF3OS/c1-6-3-8(7(2)16-6)9(11)4-15-5-10(12,13)14/h3,9H,4-5H2,1-2H3. The molecule has 0 amide bonds. The van der Waals surface area contributed by atoms with E-state index in [0.29, 0.717) is 0 Å². The summed E-state index contributed by atoms with van der Waals surface area (Å²) in [7, 11) is 0. The van der Waals surface area contributed by atoms with Crippen molar-refractivity contribution in [3.8, 4) is 0 Å². The summed E-state index contributed by atoms with van der Waals surface area (Å²) in [6, 6.07) is 1.88. The Balaban J connectivity index is 2.47. The van der Waals surface area contributed by atoms with Crippen LogP contribution in [0, 0.1) is 13.8 Å². The van der Waals surface area contributed by atoms with Crippen LogP contribution in [-0.4, -0.2) is 19.4 Å². The third-order valence-corrected chi connectivity index (χ3v) is 3.29. The molecule has 1 aromatic heterocycles. The number of thiophene rings is 1. The van der Waals surface area contributed by atoms with Gasteiger partial charge in [-0.1, -0.05) is 0 Å². The van der Waals surface area contributed by atoms with Gasteiger partial charge in [-0.2, -0.15) is 13.2 Å². The fourth-order valence-corrected chi connectivity index (χ4v) is 2.70. The molecule has 0 saturated carbocycles. The highest BCUT2D eigenvalue weighted by molar-refractivity contribution is 7.12. The second-order valence-corrected chi connectivity index (χ2v) is 5.45. The fourth-order valence-electron chi connectivity index (χ4n) is 1.33. The smallest absolute Gasteiger partial charge is 0.370 e. The Hall–Kier alpha value is -0.260. The Morgan fingerprint density at radius 1 is 1.44 bits per heavy atom. The lowest BCUT2D eigenvalue weighted by Crippen LogP contribution is -2.18. The van der Waals surface area contributed by atoms with Crippen molar-refractivity contribution in [2.24, 2.45) is 0 Å². The van der Waals surface area contributed by atoms with Crippen LogP contribution >= 0.6 is 22.9 Å². The van der Waals surface area contributed by atoms with Gasteiger partial charge in [-0.15, -0.1) is 22.9 Å². The maximum atomic E-state index is 11.8. The van der Waals surface area contributed by atoms with E-state index in [2.05, 4.69) is 4.74 Å². The van der Waals surface area contributed by atoms with Crippen LogP contribution in [0.15, 0.2) is 6.07 Å². The number of ether oxygens (including phenoxy) is 1. The molecule has 1 atom stereocenters. The largest absolute Gasteiger partial charge is 0.411 e. The summed E-state index contributed by atoms with van der Waals surface area (Å²) >= 11 is 7.54. The molecule has 1 aromatic rings. The average Bonchev–Trinajstić information content (AvgIpc) is 2.43. The number of halogens is 4. The van der Waals surface area contributed by atoms with Gasteiger partial charge in [-0.3, -0.25) is 0 Å². The van der Waals surface area contributed by atoms with Crippen molar-refractivity contribution in [2.45, 2.75) is 25.4 Å². The van der Waals surface area contributed by atoms with Gasteiger partial charge in [0.25, 0.3) is 0 Å². The monoisotopic (exact) mass is 272 g/mol. The lowest BCUT2D eigenvalue weighted by molar-refractivity contribution is -0.173. The fraction of sp³-hybridized carbons (Fsp3) is 0.600. The molecule has 0 spiro atoms. The maximum Gasteiger partial charge on any atom is 0.411 e. The minimum Gasteiger partial charge on any atom is -0.370 e. The summed E-state index contributed by atoms with van der Waals surface area (Å²) in [6.07, 6.45) is -4.30. The molecular formula is C10H12ClF3OS. The molecule has 16 heavy (non-hydrogen) atoms. The van der Waals surface area contributed by atoms with Crippen LogP contribution in [-0.2, 0) is 4.74 Å². The number of hydrogen-bond donors (Lipinski definition) is 0. The first-order valence-electron chi connectivity index (χ1n) is 4.65. The molecule has 0 bridgehead atoms. The maximum absolute atomic E-state index is 11.8. The average molecular weight is 273 g/mol. The Kier molecular flexibility index (Phi) is 4.64. The Bertz CT molecular complexity index is 348. The Labute approximate surface area is 101 Å². The van der Waals surface area contributed by atoms with Crippen molar-refractivity contribution in [2.75, 3.05) is 13.2 Å². The summed E-state index contributed by atoms with van der Waals surface area (Å²) in [5.41, 5.74) is 0.853. The summed E-state index contributed by atoms with van der Waals surface area (Å²) < 4.78 is 40.0. The molecule has 0 fully saturated rings. The van der Waals surface area contributed by atoms with Crippen molar-refractivity contribution < 1.29 is 17.9 Å². The van der Waals surface area contributed by atoms with Gasteiger partial charge in [-0.25, -0.2) is 0 Å². The second kappa shape index (κ2) is 5.38. The molecule has 0 radical (unpaired) electrons. The second-order valence-electron chi connectivity index (χ2n) is 3.47. The quantitative estimate of drug-likeness (QED) is 0.746. The number of hydrogen-bond acceptors (Lipinski definition) is 2. The van der Waals surface area contributed by atoms with Crippen molar-refractivity contribution in [1.29, 1.82) is 0 Å². The topological polar surface area (TPSA) is 9.23 Å². The van der Waals surface area contributed by atoms with E-state index in [1.54, 1.807) is 11.3 Å². The summed E-state index contributed by atoms with van der Waals surface area (Å²) in [4.78, 5) is 2.11. The molecule has 0 aromatic carbocycles. The van der Waals surface area contributed by atoms with Crippen LogP contribution in [0.1, 0.15) is 20.7 Å². The van der Waals surface area contributed by atoms with Crippen LogP contribution in [0.3, 0.4) is 0 Å². The predicted octanol–water partition coefficient (Wildman–Crippen LogP) is 4.22. The first-order valence-corrected chi connectivity index (χ1v) is 5.90. The van der Waals surface area contributed by atoms with Gasteiger partial charge in [-0.05, 0) is 25.5 Å². The molecule has 0 saturated heterocycles. The van der Waals surface area contributed by atoms with Crippen LogP contribution in [0.5, 0.6) is 0 Å². The Morgan fingerprint density at radius 3 is 2.50 bits per heavy atom. The zero-order valence-electron chi connectivity index (χ0n) is 8.90. The molecule has 1 nitrogen and oxygen atoms in total. The normalized spacial score (nSPS) is 14.1. The molecule has 6 heteroatoms. The SMILES string of the molecule is Cc1cc(C(Cl)COCC(F)(F)F)c(C)s1. The van der Waals surface area contributed by atoms with Crippen LogP contribution < -0.4 is 0 Å². The molecule has 92 valence electrons. The molecule has 0 aliphatic heterocycles. The number of aryl methyl sites for hydroxylation is 2. The van der Waals surface area contributed by atoms with Gasteiger partial charge in [0, 0.05) is 9.75 Å². The van der Waals surface area contributed by atoms with Crippen molar-refractivity contribution in [3.63, 3.8) is 0 Å². The van der Waals surface area contributed by atoms with Gasteiger partial charge < -0.3 is 4.74 Å². The third kappa shape index (κ3) is 4.31. The van der Waals surface area contributed by atoms with Crippen LogP contribution in [0.25, 0.3) is 0 Å². The van der Waals surface area contributed by atoms with Crippen molar-refractivity contribution in [1.82, 2.24) is 0 Å². The highest BCUT2D eigenvalue weighted by atomic mass is 35.5. The molecule has 0 aliphatic carbocycles. The number of rotatable bonds is 4. The number of alkyl halides is 4. The van der Waals surface area contributed by atoms with Gasteiger partial charge in [0.05, 0.1) is 12.0 Å². The van der Waals surface area contributed by atoms with E-state index in [0.717, 1.165) is 15.3 Å². The van der Waals surface area contributed by atoms with Crippen molar-refractivity contribution in [3.05, 3.63) is 21.4 Å². The summed E-state index contributed by atoms with van der Waals surface area (Å²) in [5, 5.41) is -0.521. The first-order chi connectivity index (χ1) is 7.29. The zero-order valence-corrected chi connectivity index (χ0v) is 10.5. The summed E-state index contributed by atoms with van der Waals surface area (Å²) in [6.45, 7) is 2.45. The van der Waals surface area contributed by atoms with E-state index in [1.165, 1.54) is 0 Å². The molecule has 1 rings (SSSR count). The van der Waals surface area contributed by atoms with Crippen LogP contribution in [0.2, 0.25) is 0 Å². The zero-order chi connectivity index (χ0) is 12.3. The minimum atomic E-state index is -4.30. The lowest BCUT2D eigenvalue weighted by Gasteiger charge is -2.11. The van der Waals surface area contributed by atoms with Gasteiger partial charge in [0.2, 0.25) is 0 Å². The van der Waals surface area contributed by atoms with Gasteiger partial charge in [0.1, 0.15) is 6.61 Å². The van der Waals surface area contributed by atoms with E-state index in [-0.39, 0.29) is 6.61 Å². The van der Waals surface area contributed by atoms with E-state index in [4.69, 9.17) is 11.6 Å². The highest BCUT2D eigenvalue weighted by Crippen LogP contribution is 2.30.